The van der Waals surface area contributed by atoms with Crippen molar-refractivity contribution in [3.05, 3.63) is 11.7 Å². The van der Waals surface area contributed by atoms with Crippen LogP contribution >= 0.6 is 0 Å². The quantitative estimate of drug-likeness (QED) is 0.676. The summed E-state index contributed by atoms with van der Waals surface area (Å²) in [6.07, 6.45) is 3.02. The summed E-state index contributed by atoms with van der Waals surface area (Å²) in [5.74, 6) is 0.385. The van der Waals surface area contributed by atoms with Crippen LogP contribution in [0.3, 0.4) is 0 Å². The molecular weight excluding hydrogens is 286 g/mol. The fourth-order valence-corrected chi connectivity index (χ4v) is 1.78. The number of nitrogens with one attached hydrogen (secondary N) is 1. The summed E-state index contributed by atoms with van der Waals surface area (Å²) in [5.41, 5.74) is -0.144. The molecule has 0 aromatic carbocycles. The minimum atomic E-state index is -0.805. The second kappa shape index (κ2) is 8.51. The second-order valence-corrected chi connectivity index (χ2v) is 6.32. The van der Waals surface area contributed by atoms with Crippen molar-refractivity contribution in [2.75, 3.05) is 6.54 Å². The highest BCUT2D eigenvalue weighted by Crippen LogP contribution is 2.18. The Morgan fingerprint density at radius 1 is 1.18 bits per heavy atom. The molecule has 1 aromatic rings. The summed E-state index contributed by atoms with van der Waals surface area (Å²) in [6.45, 7) is 6.55. The Morgan fingerprint density at radius 2 is 1.91 bits per heavy atom. The molecule has 0 bridgehead atoms. The van der Waals surface area contributed by atoms with Crippen LogP contribution in [-0.2, 0) is 21.4 Å². The van der Waals surface area contributed by atoms with Crippen LogP contribution in [0.15, 0.2) is 4.52 Å². The topological polar surface area (TPSA) is 105 Å². The average Bonchev–Trinajstić information content (AvgIpc) is 2.86. The number of aryl methyl sites for hydroxylation is 1. The molecule has 7 heteroatoms. The Balaban J connectivity index is 2.14. The molecule has 22 heavy (non-hydrogen) atoms. The molecule has 0 aliphatic rings. The molecule has 0 aliphatic carbocycles. The normalized spacial score (nSPS) is 11.4. The van der Waals surface area contributed by atoms with Gasteiger partial charge in [0.05, 0.1) is 0 Å². The van der Waals surface area contributed by atoms with E-state index in [0.29, 0.717) is 50.4 Å². The van der Waals surface area contributed by atoms with Gasteiger partial charge in [0.1, 0.15) is 0 Å². The number of carbonyl (C=O) groups is 2. The van der Waals surface area contributed by atoms with Crippen molar-refractivity contribution in [2.24, 2.45) is 0 Å². The van der Waals surface area contributed by atoms with Gasteiger partial charge >= 0.3 is 5.97 Å². The van der Waals surface area contributed by atoms with Gasteiger partial charge in [-0.15, -0.1) is 0 Å². The molecule has 0 saturated carbocycles. The molecule has 2 N–H and O–H groups in total. The van der Waals surface area contributed by atoms with Gasteiger partial charge in [-0.2, -0.15) is 4.98 Å². The number of unbranched alkanes of at least 4 members (excludes halogenated alkanes) is 1. The first kappa shape index (κ1) is 18.1. The fraction of sp³-hybridized carbons (Fsp3) is 0.733. The SMILES string of the molecule is CC(C)(C)c1noc(CCCC(=O)NCCCCC(=O)O)n1. The second-order valence-electron chi connectivity index (χ2n) is 6.32. The number of carboxylic acid groups (broad SMARTS) is 1. The van der Waals surface area contributed by atoms with E-state index in [0.717, 1.165) is 0 Å². The zero-order chi connectivity index (χ0) is 16.6. The third kappa shape index (κ3) is 7.19. The predicted octanol–water partition coefficient (Wildman–Crippen LogP) is 2.06. The van der Waals surface area contributed by atoms with Crippen LogP contribution in [0.5, 0.6) is 0 Å². The third-order valence-electron chi connectivity index (χ3n) is 3.07. The molecule has 7 nitrogen and oxygen atoms in total. The summed E-state index contributed by atoms with van der Waals surface area (Å²) < 4.78 is 5.16. The van der Waals surface area contributed by atoms with Crippen LogP contribution < -0.4 is 5.32 Å². The maximum absolute atomic E-state index is 11.6. The van der Waals surface area contributed by atoms with E-state index in [4.69, 9.17) is 9.63 Å². The van der Waals surface area contributed by atoms with Gasteiger partial charge in [-0.1, -0.05) is 25.9 Å². The molecule has 1 aromatic heterocycles. The number of aliphatic carboxylic acids is 1. The Bertz CT molecular complexity index is 491. The van der Waals surface area contributed by atoms with Crippen molar-refractivity contribution in [3.63, 3.8) is 0 Å². The van der Waals surface area contributed by atoms with Crippen molar-refractivity contribution in [3.8, 4) is 0 Å². The highest BCUT2D eigenvalue weighted by Gasteiger charge is 2.20. The van der Waals surface area contributed by atoms with Gasteiger partial charge in [0.2, 0.25) is 11.8 Å². The van der Waals surface area contributed by atoms with E-state index in [1.54, 1.807) is 0 Å². The van der Waals surface area contributed by atoms with E-state index < -0.39 is 5.97 Å². The lowest BCUT2D eigenvalue weighted by Crippen LogP contribution is -2.24. The summed E-state index contributed by atoms with van der Waals surface area (Å²) in [7, 11) is 0. The molecule has 0 aliphatic heterocycles. The van der Waals surface area contributed by atoms with E-state index in [1.807, 2.05) is 20.8 Å². The van der Waals surface area contributed by atoms with Crippen molar-refractivity contribution in [1.29, 1.82) is 0 Å². The lowest BCUT2D eigenvalue weighted by Gasteiger charge is -2.10. The molecule has 1 amide bonds. The van der Waals surface area contributed by atoms with Crippen molar-refractivity contribution < 1.29 is 19.2 Å². The van der Waals surface area contributed by atoms with Crippen LogP contribution in [0.2, 0.25) is 0 Å². The molecule has 0 atom stereocenters. The van der Waals surface area contributed by atoms with Gasteiger partial charge in [0, 0.05) is 31.2 Å². The van der Waals surface area contributed by atoms with Crippen LogP contribution in [0.25, 0.3) is 0 Å². The van der Waals surface area contributed by atoms with Gasteiger partial charge in [0.25, 0.3) is 0 Å². The van der Waals surface area contributed by atoms with Crippen molar-refractivity contribution >= 4 is 11.9 Å². The molecule has 0 spiro atoms. The van der Waals surface area contributed by atoms with Crippen LogP contribution in [0, 0.1) is 0 Å². The van der Waals surface area contributed by atoms with E-state index in [1.165, 1.54) is 0 Å². The van der Waals surface area contributed by atoms with Gasteiger partial charge in [-0.3, -0.25) is 9.59 Å². The van der Waals surface area contributed by atoms with Gasteiger partial charge in [-0.05, 0) is 19.3 Å². The first-order chi connectivity index (χ1) is 10.3. The van der Waals surface area contributed by atoms with Crippen molar-refractivity contribution in [1.82, 2.24) is 15.5 Å². The molecule has 0 radical (unpaired) electrons. The number of carboxylic acids is 1. The Morgan fingerprint density at radius 3 is 2.50 bits per heavy atom. The number of rotatable bonds is 9. The molecule has 0 unspecified atom stereocenters. The minimum Gasteiger partial charge on any atom is -0.481 e. The van der Waals surface area contributed by atoms with Crippen LogP contribution in [0.4, 0.5) is 0 Å². The maximum atomic E-state index is 11.6. The van der Waals surface area contributed by atoms with E-state index in [-0.39, 0.29) is 17.7 Å². The number of hydrogen-bond donors (Lipinski definition) is 2. The summed E-state index contributed by atoms with van der Waals surface area (Å²) in [4.78, 5) is 26.2. The Labute approximate surface area is 130 Å². The highest BCUT2D eigenvalue weighted by molar-refractivity contribution is 5.75. The lowest BCUT2D eigenvalue weighted by molar-refractivity contribution is -0.137. The zero-order valence-electron chi connectivity index (χ0n) is 13.5. The zero-order valence-corrected chi connectivity index (χ0v) is 13.5. The third-order valence-corrected chi connectivity index (χ3v) is 3.07. The Hall–Kier alpha value is -1.92. The highest BCUT2D eigenvalue weighted by atomic mass is 16.5. The molecule has 0 saturated heterocycles. The number of nitrogens with zero attached hydrogens (tertiary/aromatic N) is 2. The van der Waals surface area contributed by atoms with Crippen molar-refractivity contribution in [2.45, 2.75) is 64.7 Å². The average molecular weight is 311 g/mol. The van der Waals surface area contributed by atoms with Crippen LogP contribution in [0.1, 0.15) is 64.6 Å². The lowest BCUT2D eigenvalue weighted by atomic mass is 9.96. The summed E-state index contributed by atoms with van der Waals surface area (Å²) >= 11 is 0. The molecular formula is C15H25N3O4. The maximum Gasteiger partial charge on any atom is 0.303 e. The first-order valence-corrected chi connectivity index (χ1v) is 7.60. The Kier molecular flexibility index (Phi) is 7.01. The molecule has 0 fully saturated rings. The first-order valence-electron chi connectivity index (χ1n) is 7.60. The van der Waals surface area contributed by atoms with Gasteiger partial charge in [0.15, 0.2) is 5.82 Å². The molecule has 1 rings (SSSR count). The predicted molar refractivity (Wildman–Crippen MR) is 80.4 cm³/mol. The van der Waals surface area contributed by atoms with Gasteiger partial charge < -0.3 is 14.9 Å². The largest absolute Gasteiger partial charge is 0.481 e. The molecule has 124 valence electrons. The number of amides is 1. The minimum absolute atomic E-state index is 0.0362. The number of aromatic nitrogens is 2. The van der Waals surface area contributed by atoms with E-state index in [2.05, 4.69) is 15.5 Å². The van der Waals surface area contributed by atoms with Gasteiger partial charge in [-0.25, -0.2) is 0 Å². The summed E-state index contributed by atoms with van der Waals surface area (Å²) in [5, 5.41) is 15.2. The smallest absolute Gasteiger partial charge is 0.303 e. The fourth-order valence-electron chi connectivity index (χ4n) is 1.78. The van der Waals surface area contributed by atoms with E-state index in [9.17, 15) is 9.59 Å². The number of hydrogen-bond acceptors (Lipinski definition) is 5. The molecule has 1 heterocycles. The summed E-state index contributed by atoms with van der Waals surface area (Å²) in [6, 6.07) is 0. The van der Waals surface area contributed by atoms with Crippen LogP contribution in [-0.4, -0.2) is 33.7 Å². The monoisotopic (exact) mass is 311 g/mol. The van der Waals surface area contributed by atoms with E-state index >= 15 is 0 Å². The number of carbonyl (C=O) groups excluding carboxylic acids is 1. The standard InChI is InChI=1S/C15H25N3O4/c1-15(2,3)14-17-12(22-18-14)8-6-7-11(19)16-10-5-4-9-13(20)21/h4-10H2,1-3H3,(H,16,19)(H,20,21).